The van der Waals surface area contributed by atoms with E-state index >= 15 is 0 Å². The van der Waals surface area contributed by atoms with Crippen molar-refractivity contribution in [3.05, 3.63) is 47.7 Å². The summed E-state index contributed by atoms with van der Waals surface area (Å²) >= 11 is 0. The monoisotopic (exact) mass is 379 g/mol. The Bertz CT molecular complexity index is 831. The molecule has 144 valence electrons. The minimum Gasteiger partial charge on any atom is -0.497 e. The van der Waals surface area contributed by atoms with Gasteiger partial charge in [-0.2, -0.15) is 13.2 Å². The van der Waals surface area contributed by atoms with Crippen LogP contribution in [0.1, 0.15) is 15.9 Å². The molecule has 1 aliphatic rings. The quantitative estimate of drug-likeness (QED) is 0.822. The first-order valence-electron chi connectivity index (χ1n) is 8.48. The maximum absolute atomic E-state index is 13.1. The molecule has 2 aromatic rings. The van der Waals surface area contributed by atoms with Crippen LogP contribution >= 0.6 is 0 Å². The molecule has 3 rings (SSSR count). The number of alkyl halides is 3. The Morgan fingerprint density at radius 3 is 2.44 bits per heavy atom. The van der Waals surface area contributed by atoms with Gasteiger partial charge < -0.3 is 14.5 Å². The number of pyridine rings is 1. The Hall–Kier alpha value is -2.61. The van der Waals surface area contributed by atoms with Crippen LogP contribution in [0.4, 0.5) is 13.2 Å². The predicted octanol–water partition coefficient (Wildman–Crippen LogP) is 3.16. The molecule has 0 saturated carbocycles. The normalized spacial score (nSPS) is 15.7. The predicted molar refractivity (Wildman–Crippen MR) is 94.6 cm³/mol. The molecular formula is C19H20F3N3O2. The molecule has 1 fully saturated rings. The van der Waals surface area contributed by atoms with Crippen molar-refractivity contribution in [2.24, 2.45) is 0 Å². The van der Waals surface area contributed by atoms with Gasteiger partial charge in [0.1, 0.15) is 5.75 Å². The molecule has 0 spiro atoms. The molecule has 5 nitrogen and oxygen atoms in total. The number of hydrogen-bond acceptors (Lipinski definition) is 4. The van der Waals surface area contributed by atoms with Crippen molar-refractivity contribution in [2.75, 3.05) is 40.3 Å². The van der Waals surface area contributed by atoms with Crippen molar-refractivity contribution in [3.63, 3.8) is 0 Å². The number of methoxy groups -OCH3 is 1. The van der Waals surface area contributed by atoms with Crippen LogP contribution in [-0.2, 0) is 6.18 Å². The first-order chi connectivity index (χ1) is 12.8. The largest absolute Gasteiger partial charge is 0.497 e. The van der Waals surface area contributed by atoms with Gasteiger partial charge in [0, 0.05) is 43.5 Å². The lowest BCUT2D eigenvalue weighted by Gasteiger charge is -2.32. The van der Waals surface area contributed by atoms with Crippen LogP contribution in [-0.4, -0.2) is 61.0 Å². The van der Waals surface area contributed by atoms with Gasteiger partial charge in [0.15, 0.2) is 0 Å². The van der Waals surface area contributed by atoms with Gasteiger partial charge in [-0.1, -0.05) is 0 Å². The number of benzene rings is 1. The second-order valence-corrected chi connectivity index (χ2v) is 6.47. The van der Waals surface area contributed by atoms with Gasteiger partial charge in [-0.05, 0) is 37.4 Å². The first kappa shape index (κ1) is 19.2. The zero-order valence-corrected chi connectivity index (χ0v) is 15.1. The highest BCUT2D eigenvalue weighted by Crippen LogP contribution is 2.35. The Labute approximate surface area is 155 Å². The molecule has 1 aromatic heterocycles. The van der Waals surface area contributed by atoms with E-state index in [4.69, 9.17) is 4.74 Å². The van der Waals surface area contributed by atoms with Crippen LogP contribution in [0.2, 0.25) is 0 Å². The van der Waals surface area contributed by atoms with E-state index in [2.05, 4.69) is 9.88 Å². The molecule has 0 bridgehead atoms. The van der Waals surface area contributed by atoms with Crippen LogP contribution in [0.25, 0.3) is 11.3 Å². The van der Waals surface area contributed by atoms with Gasteiger partial charge in [0.2, 0.25) is 0 Å². The molecule has 2 heterocycles. The van der Waals surface area contributed by atoms with Gasteiger partial charge in [0.05, 0.1) is 18.4 Å². The third-order valence-corrected chi connectivity index (χ3v) is 4.56. The van der Waals surface area contributed by atoms with E-state index in [9.17, 15) is 18.0 Å². The molecule has 1 aromatic carbocycles. The second kappa shape index (κ2) is 7.56. The summed E-state index contributed by atoms with van der Waals surface area (Å²) in [5.41, 5.74) is 0.115. The average Bonchev–Trinajstić information content (AvgIpc) is 2.67. The van der Waals surface area contributed by atoms with E-state index in [0.29, 0.717) is 24.3 Å². The maximum Gasteiger partial charge on any atom is 0.416 e. The number of halogens is 3. The smallest absolute Gasteiger partial charge is 0.416 e. The number of amides is 1. The molecule has 0 atom stereocenters. The SMILES string of the molecule is COc1cc(-c2cc(C(=O)N3CCN(C)CC3)ccn2)cc(C(F)(F)F)c1. The number of ether oxygens (including phenoxy) is 1. The zero-order chi connectivity index (χ0) is 19.6. The van der Waals surface area contributed by atoms with Crippen LogP contribution in [0.5, 0.6) is 5.75 Å². The molecule has 0 N–H and O–H groups in total. The number of carbonyl (C=O) groups is 1. The summed E-state index contributed by atoms with van der Waals surface area (Å²) in [5.74, 6) is -0.0666. The van der Waals surface area contributed by atoms with Crippen molar-refractivity contribution >= 4 is 5.91 Å². The van der Waals surface area contributed by atoms with Gasteiger partial charge in [-0.15, -0.1) is 0 Å². The average molecular weight is 379 g/mol. The van der Waals surface area contributed by atoms with Gasteiger partial charge in [-0.25, -0.2) is 0 Å². The van der Waals surface area contributed by atoms with E-state index < -0.39 is 11.7 Å². The Kier molecular flexibility index (Phi) is 5.36. The Morgan fingerprint density at radius 1 is 1.11 bits per heavy atom. The van der Waals surface area contributed by atoms with Crippen molar-refractivity contribution < 1.29 is 22.7 Å². The summed E-state index contributed by atoms with van der Waals surface area (Å²) in [6, 6.07) is 6.52. The van der Waals surface area contributed by atoms with Crippen molar-refractivity contribution in [1.82, 2.24) is 14.8 Å². The molecule has 0 unspecified atom stereocenters. The molecule has 8 heteroatoms. The molecule has 1 aliphatic heterocycles. The first-order valence-corrected chi connectivity index (χ1v) is 8.48. The highest BCUT2D eigenvalue weighted by molar-refractivity contribution is 5.95. The summed E-state index contributed by atoms with van der Waals surface area (Å²) in [6.07, 6.45) is -3.07. The standard InChI is InChI=1S/C19H20F3N3O2/c1-24-5-7-25(8-6-24)18(26)13-3-4-23-17(11-13)14-9-15(19(20,21)22)12-16(10-14)27-2/h3-4,9-12H,5-8H2,1-2H3. The second-order valence-electron chi connectivity index (χ2n) is 6.47. The summed E-state index contributed by atoms with van der Waals surface area (Å²) in [5, 5.41) is 0. The van der Waals surface area contributed by atoms with Crippen LogP contribution in [0.3, 0.4) is 0 Å². The molecule has 0 aliphatic carbocycles. The topological polar surface area (TPSA) is 45.7 Å². The van der Waals surface area contributed by atoms with Crippen LogP contribution in [0.15, 0.2) is 36.5 Å². The number of piperazine rings is 1. The lowest BCUT2D eigenvalue weighted by Crippen LogP contribution is -2.47. The summed E-state index contributed by atoms with van der Waals surface area (Å²) in [7, 11) is 3.30. The Morgan fingerprint density at radius 2 is 1.81 bits per heavy atom. The third kappa shape index (κ3) is 4.39. The molecule has 1 amide bonds. The molecular weight excluding hydrogens is 359 g/mol. The van der Waals surface area contributed by atoms with Crippen molar-refractivity contribution in [1.29, 1.82) is 0 Å². The van der Waals surface area contributed by atoms with Gasteiger partial charge >= 0.3 is 6.18 Å². The van der Waals surface area contributed by atoms with Gasteiger partial charge in [-0.3, -0.25) is 9.78 Å². The Balaban J connectivity index is 1.92. The summed E-state index contributed by atoms with van der Waals surface area (Å²) < 4.78 is 44.4. The van der Waals surface area contributed by atoms with E-state index in [1.807, 2.05) is 7.05 Å². The third-order valence-electron chi connectivity index (χ3n) is 4.56. The maximum atomic E-state index is 13.1. The minimum atomic E-state index is -4.50. The van der Waals surface area contributed by atoms with Crippen molar-refractivity contribution in [3.8, 4) is 17.0 Å². The minimum absolute atomic E-state index is 0.0809. The van der Waals surface area contributed by atoms with E-state index in [-0.39, 0.29) is 17.2 Å². The lowest BCUT2D eigenvalue weighted by atomic mass is 10.0. The highest BCUT2D eigenvalue weighted by Gasteiger charge is 2.31. The lowest BCUT2D eigenvalue weighted by molar-refractivity contribution is -0.137. The molecule has 27 heavy (non-hydrogen) atoms. The van der Waals surface area contributed by atoms with Crippen LogP contribution in [0, 0.1) is 0 Å². The fourth-order valence-corrected chi connectivity index (χ4v) is 2.94. The number of nitrogens with zero attached hydrogens (tertiary/aromatic N) is 3. The number of carbonyl (C=O) groups excluding carboxylic acids is 1. The molecule has 0 radical (unpaired) electrons. The zero-order valence-electron chi connectivity index (χ0n) is 15.1. The number of hydrogen-bond donors (Lipinski definition) is 0. The highest BCUT2D eigenvalue weighted by atomic mass is 19.4. The van der Waals surface area contributed by atoms with Crippen LogP contribution < -0.4 is 4.74 Å². The number of likely N-dealkylation sites (N-methyl/N-ethyl adjacent to an activating group) is 1. The van der Waals surface area contributed by atoms with Crippen molar-refractivity contribution in [2.45, 2.75) is 6.18 Å². The fraction of sp³-hybridized carbons (Fsp3) is 0.368. The molecule has 1 saturated heterocycles. The summed E-state index contributed by atoms with van der Waals surface area (Å²) in [4.78, 5) is 20.7. The summed E-state index contributed by atoms with van der Waals surface area (Å²) in [6.45, 7) is 2.80. The number of aromatic nitrogens is 1. The van der Waals surface area contributed by atoms with E-state index in [1.165, 1.54) is 25.4 Å². The van der Waals surface area contributed by atoms with Gasteiger partial charge in [0.25, 0.3) is 5.91 Å². The van der Waals surface area contributed by atoms with E-state index in [1.54, 1.807) is 11.0 Å². The number of rotatable bonds is 3. The van der Waals surface area contributed by atoms with E-state index in [0.717, 1.165) is 25.2 Å². The fourth-order valence-electron chi connectivity index (χ4n) is 2.94.